The summed E-state index contributed by atoms with van der Waals surface area (Å²) in [6.45, 7) is 3.13. The number of rotatable bonds is 5. The number of aromatic nitrogens is 2. The number of benzene rings is 1. The van der Waals surface area contributed by atoms with Gasteiger partial charge in [-0.3, -0.25) is 4.98 Å². The van der Waals surface area contributed by atoms with Crippen LogP contribution in [0.15, 0.2) is 46.7 Å². The highest BCUT2D eigenvalue weighted by molar-refractivity contribution is 7.99. The molecule has 1 aromatic carbocycles. The van der Waals surface area contributed by atoms with Gasteiger partial charge >= 0.3 is 0 Å². The summed E-state index contributed by atoms with van der Waals surface area (Å²) in [6, 6.07) is 7.39. The Hall–Kier alpha value is -1.39. The Morgan fingerprint density at radius 2 is 2.21 bits per heavy atom. The van der Waals surface area contributed by atoms with E-state index in [1.807, 2.05) is 0 Å². The van der Waals surface area contributed by atoms with E-state index >= 15 is 0 Å². The van der Waals surface area contributed by atoms with E-state index in [9.17, 15) is 0 Å². The first-order chi connectivity index (χ1) is 9.31. The van der Waals surface area contributed by atoms with Gasteiger partial charge in [0.25, 0.3) is 0 Å². The molecule has 0 saturated heterocycles. The molecule has 0 radical (unpaired) electrons. The summed E-state index contributed by atoms with van der Waals surface area (Å²) in [5.41, 5.74) is 2.65. The van der Waals surface area contributed by atoms with Crippen LogP contribution in [0.25, 0.3) is 0 Å². The third kappa shape index (κ3) is 3.55. The lowest BCUT2D eigenvalue weighted by Gasteiger charge is -2.08. The van der Waals surface area contributed by atoms with E-state index in [1.165, 1.54) is 28.9 Å². The number of aryl methyl sites for hydroxylation is 1. The lowest BCUT2D eigenvalue weighted by atomic mass is 10.1. The molecule has 0 bridgehead atoms. The average Bonchev–Trinajstić information content (AvgIpc) is 3.25. The highest BCUT2D eigenvalue weighted by atomic mass is 32.2. The van der Waals surface area contributed by atoms with Gasteiger partial charge < -0.3 is 5.32 Å². The van der Waals surface area contributed by atoms with Gasteiger partial charge in [0, 0.05) is 29.9 Å². The molecule has 0 amide bonds. The van der Waals surface area contributed by atoms with Gasteiger partial charge in [0.1, 0.15) is 5.03 Å². The summed E-state index contributed by atoms with van der Waals surface area (Å²) < 4.78 is 0. The van der Waals surface area contributed by atoms with Gasteiger partial charge in [0.05, 0.1) is 6.20 Å². The van der Waals surface area contributed by atoms with Crippen molar-refractivity contribution in [2.24, 2.45) is 0 Å². The normalized spacial score (nSPS) is 14.6. The second kappa shape index (κ2) is 5.72. The molecule has 3 rings (SSSR count). The number of nitrogens with one attached hydrogen (secondary N) is 1. The molecule has 0 atom stereocenters. The van der Waals surface area contributed by atoms with Crippen LogP contribution in [-0.4, -0.2) is 16.0 Å². The Bertz CT molecular complexity index is 553. The zero-order chi connectivity index (χ0) is 13.1. The molecule has 1 aliphatic rings. The van der Waals surface area contributed by atoms with Crippen LogP contribution in [-0.2, 0) is 6.54 Å². The second-order valence-corrected chi connectivity index (χ2v) is 5.96. The van der Waals surface area contributed by atoms with Crippen molar-refractivity contribution in [3.63, 3.8) is 0 Å². The Morgan fingerprint density at radius 3 is 2.89 bits per heavy atom. The van der Waals surface area contributed by atoms with Crippen LogP contribution >= 0.6 is 11.8 Å². The molecule has 1 heterocycles. The van der Waals surface area contributed by atoms with Crippen molar-refractivity contribution in [2.45, 2.75) is 42.3 Å². The second-order valence-electron chi connectivity index (χ2n) is 4.90. The Balaban J connectivity index is 1.68. The van der Waals surface area contributed by atoms with Crippen molar-refractivity contribution < 1.29 is 0 Å². The van der Waals surface area contributed by atoms with Gasteiger partial charge in [-0.1, -0.05) is 23.9 Å². The fourth-order valence-electron chi connectivity index (χ4n) is 1.94. The van der Waals surface area contributed by atoms with Crippen LogP contribution in [0.3, 0.4) is 0 Å². The summed E-state index contributed by atoms with van der Waals surface area (Å²) >= 11 is 1.67. The van der Waals surface area contributed by atoms with E-state index in [0.717, 1.165) is 17.6 Å². The number of nitrogens with zero attached hydrogens (tertiary/aromatic N) is 2. The lowest BCUT2D eigenvalue weighted by molar-refractivity contribution is 0.687. The van der Waals surface area contributed by atoms with Crippen molar-refractivity contribution in [3.8, 4) is 0 Å². The predicted molar refractivity (Wildman–Crippen MR) is 77.2 cm³/mol. The average molecular weight is 271 g/mol. The number of hydrogen-bond acceptors (Lipinski definition) is 4. The molecule has 1 aromatic heterocycles. The van der Waals surface area contributed by atoms with E-state index in [2.05, 4.69) is 40.4 Å². The summed E-state index contributed by atoms with van der Waals surface area (Å²) in [6.07, 6.45) is 7.89. The summed E-state index contributed by atoms with van der Waals surface area (Å²) in [5.74, 6) is 0. The topological polar surface area (TPSA) is 37.8 Å². The third-order valence-electron chi connectivity index (χ3n) is 3.17. The Morgan fingerprint density at radius 1 is 1.32 bits per heavy atom. The first kappa shape index (κ1) is 12.6. The van der Waals surface area contributed by atoms with Crippen LogP contribution in [0.1, 0.15) is 24.0 Å². The molecule has 0 unspecified atom stereocenters. The van der Waals surface area contributed by atoms with E-state index in [-0.39, 0.29) is 0 Å². The maximum absolute atomic E-state index is 4.29. The summed E-state index contributed by atoms with van der Waals surface area (Å²) in [5, 5.41) is 4.48. The van der Waals surface area contributed by atoms with E-state index in [1.54, 1.807) is 30.4 Å². The highest BCUT2D eigenvalue weighted by Crippen LogP contribution is 2.29. The van der Waals surface area contributed by atoms with Gasteiger partial charge in [-0.05, 0) is 37.0 Å². The Kier molecular flexibility index (Phi) is 3.80. The molecule has 0 spiro atoms. The van der Waals surface area contributed by atoms with Crippen LogP contribution in [0.2, 0.25) is 0 Å². The molecule has 0 aliphatic heterocycles. The zero-order valence-corrected chi connectivity index (χ0v) is 11.8. The van der Waals surface area contributed by atoms with Gasteiger partial charge in [-0.2, -0.15) is 0 Å². The van der Waals surface area contributed by atoms with Crippen LogP contribution in [0, 0.1) is 6.92 Å². The molecule has 4 heteroatoms. The predicted octanol–water partition coefficient (Wildman–Crippen LogP) is 3.19. The molecule has 98 valence electrons. The summed E-state index contributed by atoms with van der Waals surface area (Å²) in [4.78, 5) is 9.63. The van der Waals surface area contributed by atoms with Crippen LogP contribution in [0.5, 0.6) is 0 Å². The SMILES string of the molecule is Cc1cc(CNC2CC2)ccc1Sc1cnccn1. The minimum atomic E-state index is 0.758. The monoisotopic (exact) mass is 271 g/mol. The molecule has 19 heavy (non-hydrogen) atoms. The first-order valence-corrected chi connectivity index (χ1v) is 7.40. The molecule has 1 saturated carbocycles. The van der Waals surface area contributed by atoms with Gasteiger partial charge in [0.15, 0.2) is 0 Å². The van der Waals surface area contributed by atoms with Crippen molar-refractivity contribution in [2.75, 3.05) is 0 Å². The smallest absolute Gasteiger partial charge is 0.119 e. The standard InChI is InChI=1S/C15H17N3S/c1-11-8-12(9-18-13-3-4-13)2-5-14(11)19-15-10-16-6-7-17-15/h2,5-8,10,13,18H,3-4,9H2,1H3. The first-order valence-electron chi connectivity index (χ1n) is 6.58. The van der Waals surface area contributed by atoms with Gasteiger partial charge in [-0.25, -0.2) is 4.98 Å². The molecular weight excluding hydrogens is 254 g/mol. The van der Waals surface area contributed by atoms with Gasteiger partial charge in [0.2, 0.25) is 0 Å². The highest BCUT2D eigenvalue weighted by Gasteiger charge is 2.19. The molecule has 1 N–H and O–H groups in total. The third-order valence-corrected chi connectivity index (χ3v) is 4.26. The molecular formula is C15H17N3S. The Labute approximate surface area is 117 Å². The maximum Gasteiger partial charge on any atom is 0.119 e. The number of hydrogen-bond donors (Lipinski definition) is 1. The quantitative estimate of drug-likeness (QED) is 0.906. The fourth-order valence-corrected chi connectivity index (χ4v) is 2.74. The van der Waals surface area contributed by atoms with E-state index < -0.39 is 0 Å². The van der Waals surface area contributed by atoms with Crippen LogP contribution in [0.4, 0.5) is 0 Å². The largest absolute Gasteiger partial charge is 0.310 e. The minimum Gasteiger partial charge on any atom is -0.310 e. The van der Waals surface area contributed by atoms with Crippen molar-refractivity contribution in [3.05, 3.63) is 47.9 Å². The van der Waals surface area contributed by atoms with Crippen molar-refractivity contribution in [1.82, 2.24) is 15.3 Å². The summed E-state index contributed by atoms with van der Waals surface area (Å²) in [7, 11) is 0. The van der Waals surface area contributed by atoms with Crippen molar-refractivity contribution >= 4 is 11.8 Å². The molecule has 1 aliphatic carbocycles. The van der Waals surface area contributed by atoms with E-state index in [0.29, 0.717) is 0 Å². The van der Waals surface area contributed by atoms with Gasteiger partial charge in [-0.15, -0.1) is 0 Å². The molecule has 2 aromatic rings. The van der Waals surface area contributed by atoms with E-state index in [4.69, 9.17) is 0 Å². The maximum atomic E-state index is 4.29. The van der Waals surface area contributed by atoms with Crippen molar-refractivity contribution in [1.29, 1.82) is 0 Å². The fraction of sp³-hybridized carbons (Fsp3) is 0.333. The minimum absolute atomic E-state index is 0.758. The van der Waals surface area contributed by atoms with Crippen LogP contribution < -0.4 is 5.32 Å². The zero-order valence-electron chi connectivity index (χ0n) is 11.0. The lowest BCUT2D eigenvalue weighted by Crippen LogP contribution is -2.15. The molecule has 1 fully saturated rings. The molecule has 3 nitrogen and oxygen atoms in total.